The number of alkyl halides is 2. The van der Waals surface area contributed by atoms with Crippen LogP contribution in [0.1, 0.15) is 27.9 Å². The van der Waals surface area contributed by atoms with Crippen molar-refractivity contribution in [2.45, 2.75) is 32.9 Å². The van der Waals surface area contributed by atoms with Crippen LogP contribution in [-0.4, -0.2) is 27.7 Å². The van der Waals surface area contributed by atoms with Crippen molar-refractivity contribution in [2.24, 2.45) is 16.8 Å². The average Bonchev–Trinajstić information content (AvgIpc) is 3.17. The van der Waals surface area contributed by atoms with E-state index in [0.29, 0.717) is 23.4 Å². The van der Waals surface area contributed by atoms with Crippen LogP contribution in [0, 0.1) is 13.8 Å². The Kier molecular flexibility index (Phi) is 7.28. The summed E-state index contributed by atoms with van der Waals surface area (Å²) in [6.07, 6.45) is 0. The number of hydrogen-bond donors (Lipinski definition) is 2. The number of benzene rings is 3. The van der Waals surface area contributed by atoms with Crippen molar-refractivity contribution in [1.82, 2.24) is 14.8 Å². The molecule has 0 unspecified atom stereocenters. The Morgan fingerprint density at radius 1 is 1.14 bits per heavy atom. The van der Waals surface area contributed by atoms with Crippen molar-refractivity contribution in [1.29, 1.82) is 0 Å². The predicted octanol–water partition coefficient (Wildman–Crippen LogP) is 5.21. The van der Waals surface area contributed by atoms with Crippen LogP contribution in [-0.2, 0) is 19.0 Å². The molecule has 4 aromatic rings. The number of hydrazine groups is 1. The number of nitrogens with zero attached hydrogens (tertiary/aromatic N) is 4. The zero-order chi connectivity index (χ0) is 26.0. The molecule has 0 radical (unpaired) electrons. The standard InChI is InChI=1S/C26H27BrF2N6O/c1-16-5-4-6-19(24(16)27)15-35-23-13-20(9-12-22(23)17(2)33-35)26(28,29)25(32-30)34(31)14-18-7-10-21(36-3)11-8-18/h4-13H,14-15,30-31H2,1-3H3/b32-25-. The van der Waals surface area contributed by atoms with Gasteiger partial charge in [0.05, 0.1) is 31.4 Å². The van der Waals surface area contributed by atoms with Crippen LogP contribution in [0.25, 0.3) is 10.9 Å². The molecular formula is C26H27BrF2N6O. The molecule has 10 heteroatoms. The molecule has 0 saturated carbocycles. The van der Waals surface area contributed by atoms with E-state index in [0.717, 1.165) is 31.7 Å². The summed E-state index contributed by atoms with van der Waals surface area (Å²) in [4.78, 5) is 0. The SMILES string of the molecule is COc1ccc(CN(N)/C(=N\N)C(F)(F)c2ccc3c(C)nn(Cc4cccc(C)c4Br)c3c2)cc1. The second kappa shape index (κ2) is 10.2. The van der Waals surface area contributed by atoms with Gasteiger partial charge in [-0.1, -0.05) is 58.4 Å². The van der Waals surface area contributed by atoms with Gasteiger partial charge in [-0.05, 0) is 48.7 Å². The summed E-state index contributed by atoms with van der Waals surface area (Å²) in [6.45, 7) is 4.25. The number of ether oxygens (including phenoxy) is 1. The van der Waals surface area contributed by atoms with Gasteiger partial charge in [0, 0.05) is 15.4 Å². The Bertz CT molecular complexity index is 1420. The number of hydrazone groups is 1. The largest absolute Gasteiger partial charge is 0.497 e. The highest BCUT2D eigenvalue weighted by molar-refractivity contribution is 9.10. The fourth-order valence-electron chi connectivity index (χ4n) is 4.11. The molecule has 0 spiro atoms. The van der Waals surface area contributed by atoms with Gasteiger partial charge in [0.1, 0.15) is 5.75 Å². The molecule has 1 aromatic heterocycles. The van der Waals surface area contributed by atoms with Crippen LogP contribution in [0.3, 0.4) is 0 Å². The van der Waals surface area contributed by atoms with E-state index in [2.05, 4.69) is 26.1 Å². The third-order valence-electron chi connectivity index (χ3n) is 6.08. The van der Waals surface area contributed by atoms with E-state index in [1.165, 1.54) is 12.1 Å². The summed E-state index contributed by atoms with van der Waals surface area (Å²) in [5.74, 6) is 7.80. The summed E-state index contributed by atoms with van der Waals surface area (Å²) in [5.41, 5.74) is 3.81. The predicted molar refractivity (Wildman–Crippen MR) is 141 cm³/mol. The molecule has 36 heavy (non-hydrogen) atoms. The molecule has 4 rings (SSSR count). The molecule has 0 bridgehead atoms. The number of hydrogen-bond acceptors (Lipinski definition) is 5. The Labute approximate surface area is 216 Å². The molecule has 1 heterocycles. The lowest BCUT2D eigenvalue weighted by atomic mass is 10.0. The monoisotopic (exact) mass is 556 g/mol. The first-order chi connectivity index (χ1) is 17.1. The molecule has 0 aliphatic carbocycles. The quantitative estimate of drug-likeness (QED) is 0.141. The molecule has 0 aliphatic rings. The van der Waals surface area contributed by atoms with E-state index in [-0.39, 0.29) is 12.1 Å². The van der Waals surface area contributed by atoms with Gasteiger partial charge < -0.3 is 10.6 Å². The van der Waals surface area contributed by atoms with Gasteiger partial charge in [-0.15, -0.1) is 0 Å². The van der Waals surface area contributed by atoms with Crippen LogP contribution < -0.4 is 16.4 Å². The Morgan fingerprint density at radius 2 is 1.86 bits per heavy atom. The second-order valence-electron chi connectivity index (χ2n) is 8.53. The lowest BCUT2D eigenvalue weighted by Gasteiger charge is -2.26. The van der Waals surface area contributed by atoms with Crippen LogP contribution >= 0.6 is 15.9 Å². The minimum atomic E-state index is -3.54. The third-order valence-corrected chi connectivity index (χ3v) is 7.21. The summed E-state index contributed by atoms with van der Waals surface area (Å²) >= 11 is 3.62. The van der Waals surface area contributed by atoms with Crippen molar-refractivity contribution < 1.29 is 13.5 Å². The minimum Gasteiger partial charge on any atom is -0.497 e. The van der Waals surface area contributed by atoms with E-state index < -0.39 is 11.8 Å². The summed E-state index contributed by atoms with van der Waals surface area (Å²) in [6, 6.07) is 17.3. The molecule has 188 valence electrons. The van der Waals surface area contributed by atoms with Crippen LogP contribution in [0.5, 0.6) is 5.75 Å². The number of aromatic nitrogens is 2. The number of halogens is 3. The Hall–Kier alpha value is -3.50. The van der Waals surface area contributed by atoms with E-state index in [9.17, 15) is 0 Å². The Morgan fingerprint density at radius 3 is 2.53 bits per heavy atom. The summed E-state index contributed by atoms with van der Waals surface area (Å²) in [7, 11) is 1.55. The van der Waals surface area contributed by atoms with Gasteiger partial charge >= 0.3 is 5.92 Å². The highest BCUT2D eigenvalue weighted by atomic mass is 79.9. The number of fused-ring (bicyclic) bond motifs is 1. The first kappa shape index (κ1) is 25.6. The smallest absolute Gasteiger partial charge is 0.332 e. The van der Waals surface area contributed by atoms with Gasteiger partial charge in [-0.3, -0.25) is 9.69 Å². The number of methoxy groups -OCH3 is 1. The van der Waals surface area contributed by atoms with Crippen LogP contribution in [0.4, 0.5) is 8.78 Å². The number of amidine groups is 1. The zero-order valence-electron chi connectivity index (χ0n) is 20.2. The molecular weight excluding hydrogens is 530 g/mol. The van der Waals surface area contributed by atoms with E-state index >= 15 is 8.78 Å². The molecule has 3 aromatic carbocycles. The fourth-order valence-corrected chi connectivity index (χ4v) is 4.50. The van der Waals surface area contributed by atoms with Gasteiger partial charge in [0.15, 0.2) is 0 Å². The maximum Gasteiger partial charge on any atom is 0.332 e. The van der Waals surface area contributed by atoms with E-state index in [4.69, 9.17) is 16.4 Å². The van der Waals surface area contributed by atoms with Crippen LogP contribution in [0.15, 0.2) is 70.2 Å². The van der Waals surface area contributed by atoms with E-state index in [1.54, 1.807) is 42.1 Å². The lowest BCUT2D eigenvalue weighted by Crippen LogP contribution is -2.46. The fraction of sp³-hybridized carbons (Fsp3) is 0.231. The molecule has 0 aliphatic heterocycles. The van der Waals surface area contributed by atoms with Gasteiger partial charge in [0.25, 0.3) is 0 Å². The maximum absolute atomic E-state index is 15.7. The highest BCUT2D eigenvalue weighted by Gasteiger charge is 2.42. The molecule has 7 nitrogen and oxygen atoms in total. The van der Waals surface area contributed by atoms with Crippen molar-refractivity contribution in [3.63, 3.8) is 0 Å². The maximum atomic E-state index is 15.7. The summed E-state index contributed by atoms with van der Waals surface area (Å²) in [5, 5.41) is 9.62. The molecule has 0 amide bonds. The van der Waals surface area contributed by atoms with E-state index in [1.807, 2.05) is 32.0 Å². The van der Waals surface area contributed by atoms with Crippen molar-refractivity contribution in [2.75, 3.05) is 7.11 Å². The van der Waals surface area contributed by atoms with Gasteiger partial charge in [0.2, 0.25) is 5.84 Å². The molecule has 0 atom stereocenters. The first-order valence-electron chi connectivity index (χ1n) is 11.2. The minimum absolute atomic E-state index is 0.0176. The molecule has 0 fully saturated rings. The van der Waals surface area contributed by atoms with Crippen LogP contribution in [0.2, 0.25) is 0 Å². The second-order valence-corrected chi connectivity index (χ2v) is 9.32. The average molecular weight is 557 g/mol. The van der Waals surface area contributed by atoms with Crippen molar-refractivity contribution in [3.05, 3.63) is 93.1 Å². The number of rotatable bonds is 7. The van der Waals surface area contributed by atoms with Gasteiger partial charge in [-0.25, -0.2) is 5.84 Å². The third kappa shape index (κ3) is 4.91. The highest BCUT2D eigenvalue weighted by Crippen LogP contribution is 2.34. The number of nitrogens with two attached hydrogens (primary N) is 2. The van der Waals surface area contributed by atoms with Gasteiger partial charge in [-0.2, -0.15) is 19.0 Å². The molecule has 0 saturated heterocycles. The molecule has 4 N–H and O–H groups in total. The topological polar surface area (TPSA) is 94.7 Å². The lowest BCUT2D eigenvalue weighted by molar-refractivity contribution is 0.0584. The summed E-state index contributed by atoms with van der Waals surface area (Å²) < 4.78 is 39.2. The first-order valence-corrected chi connectivity index (χ1v) is 12.0. The van der Waals surface area contributed by atoms with Crippen molar-refractivity contribution in [3.8, 4) is 5.75 Å². The zero-order valence-corrected chi connectivity index (χ0v) is 21.8. The van der Waals surface area contributed by atoms with Crippen molar-refractivity contribution >= 4 is 32.7 Å². The number of aryl methyl sites for hydroxylation is 2. The Balaban J connectivity index is 1.66. The normalized spacial score (nSPS) is 12.2.